The molecule has 0 amide bonds. The Labute approximate surface area is 75.6 Å². The molecule has 0 aliphatic heterocycles. The minimum absolute atomic E-state index is 0.505. The van der Waals surface area contributed by atoms with Gasteiger partial charge in [-0.2, -0.15) is 0 Å². The maximum Gasteiger partial charge on any atom is -0.0250 e. The van der Waals surface area contributed by atoms with Crippen LogP contribution in [0.15, 0.2) is 18.2 Å². The molecule has 0 spiro atoms. The summed E-state index contributed by atoms with van der Waals surface area (Å²) in [5.41, 5.74) is 4.17. The molecule has 12 heavy (non-hydrogen) atoms. The van der Waals surface area contributed by atoms with Crippen LogP contribution < -0.4 is 0 Å². The summed E-state index contributed by atoms with van der Waals surface area (Å²) in [6.45, 7) is 10.5. The van der Waals surface area contributed by atoms with Gasteiger partial charge in [0.25, 0.3) is 0 Å². The van der Waals surface area contributed by atoms with Gasteiger partial charge in [-0.1, -0.05) is 37.6 Å². The van der Waals surface area contributed by atoms with E-state index in [-0.39, 0.29) is 0 Å². The van der Waals surface area contributed by atoms with Crippen LogP contribution in [0.25, 0.3) is 0 Å². The van der Waals surface area contributed by atoms with Crippen LogP contribution in [-0.2, 0) is 6.42 Å². The van der Waals surface area contributed by atoms with Gasteiger partial charge in [0.15, 0.2) is 0 Å². The molecule has 1 atom stereocenters. The first-order valence-electron chi connectivity index (χ1n) is 4.49. The summed E-state index contributed by atoms with van der Waals surface area (Å²) >= 11 is 0. The van der Waals surface area contributed by atoms with E-state index in [1.165, 1.54) is 16.7 Å². The van der Waals surface area contributed by atoms with Gasteiger partial charge in [0.2, 0.25) is 0 Å². The van der Waals surface area contributed by atoms with Crippen LogP contribution in [0, 0.1) is 26.7 Å². The minimum atomic E-state index is 0.505. The van der Waals surface area contributed by atoms with Crippen LogP contribution in [-0.4, -0.2) is 0 Å². The van der Waals surface area contributed by atoms with Gasteiger partial charge in [0, 0.05) is 0 Å². The quantitative estimate of drug-likeness (QED) is 0.624. The zero-order valence-electron chi connectivity index (χ0n) is 8.22. The van der Waals surface area contributed by atoms with Gasteiger partial charge in [0.05, 0.1) is 0 Å². The summed E-state index contributed by atoms with van der Waals surface area (Å²) in [5, 5.41) is 0. The van der Waals surface area contributed by atoms with Crippen molar-refractivity contribution in [3.05, 3.63) is 41.8 Å². The summed E-state index contributed by atoms with van der Waals surface area (Å²) in [7, 11) is 0. The van der Waals surface area contributed by atoms with Gasteiger partial charge < -0.3 is 0 Å². The maximum atomic E-state index is 4.00. The molecule has 0 saturated carbocycles. The Bertz CT molecular complexity index is 259. The van der Waals surface area contributed by atoms with Crippen LogP contribution in [0.4, 0.5) is 0 Å². The Morgan fingerprint density at radius 3 is 2.58 bits per heavy atom. The molecule has 0 heterocycles. The molecular weight excluding hydrogens is 144 g/mol. The Morgan fingerprint density at radius 1 is 1.33 bits per heavy atom. The SMILES string of the molecule is [CH2]C(C)Cc1cc(C)ccc1C. The molecule has 1 rings (SSSR count). The molecule has 0 N–H and O–H groups in total. The minimum Gasteiger partial charge on any atom is -0.0622 e. The van der Waals surface area contributed by atoms with E-state index in [2.05, 4.69) is 45.9 Å². The van der Waals surface area contributed by atoms with Crippen LogP contribution >= 0.6 is 0 Å². The van der Waals surface area contributed by atoms with Gasteiger partial charge in [-0.15, -0.1) is 0 Å². The van der Waals surface area contributed by atoms with E-state index in [1.807, 2.05) is 0 Å². The van der Waals surface area contributed by atoms with Gasteiger partial charge in [-0.05, 0) is 37.3 Å². The van der Waals surface area contributed by atoms with Crippen LogP contribution in [0.5, 0.6) is 0 Å². The summed E-state index contributed by atoms with van der Waals surface area (Å²) in [5.74, 6) is 0.505. The second-order valence-corrected chi connectivity index (χ2v) is 3.74. The molecule has 0 nitrogen and oxygen atoms in total. The second kappa shape index (κ2) is 3.75. The van der Waals surface area contributed by atoms with Crippen molar-refractivity contribution < 1.29 is 0 Å². The van der Waals surface area contributed by atoms with Crippen molar-refractivity contribution in [2.75, 3.05) is 0 Å². The third-order valence-corrected chi connectivity index (χ3v) is 2.07. The monoisotopic (exact) mass is 161 g/mol. The smallest absolute Gasteiger partial charge is 0.0250 e. The normalized spacial score (nSPS) is 10.8. The molecule has 1 aromatic carbocycles. The second-order valence-electron chi connectivity index (χ2n) is 3.74. The zero-order valence-corrected chi connectivity index (χ0v) is 8.22. The predicted octanol–water partition coefficient (Wildman–Crippen LogP) is 3.32. The molecule has 1 radical (unpaired) electrons. The molecule has 0 aliphatic carbocycles. The van der Waals surface area contributed by atoms with Gasteiger partial charge >= 0.3 is 0 Å². The van der Waals surface area contributed by atoms with E-state index in [4.69, 9.17) is 0 Å². The largest absolute Gasteiger partial charge is 0.0622 e. The van der Waals surface area contributed by atoms with Crippen molar-refractivity contribution >= 4 is 0 Å². The number of benzene rings is 1. The predicted molar refractivity (Wildman–Crippen MR) is 54.1 cm³/mol. The van der Waals surface area contributed by atoms with Gasteiger partial charge in [-0.3, -0.25) is 0 Å². The molecule has 0 aliphatic rings. The summed E-state index contributed by atoms with van der Waals surface area (Å²) in [6.07, 6.45) is 1.09. The average molecular weight is 161 g/mol. The lowest BCUT2D eigenvalue weighted by molar-refractivity contribution is 0.715. The highest BCUT2D eigenvalue weighted by molar-refractivity contribution is 5.30. The van der Waals surface area contributed by atoms with Crippen LogP contribution in [0.3, 0.4) is 0 Å². The summed E-state index contributed by atoms with van der Waals surface area (Å²) < 4.78 is 0. The highest BCUT2D eigenvalue weighted by atomic mass is 14.1. The third-order valence-electron chi connectivity index (χ3n) is 2.07. The van der Waals surface area contributed by atoms with E-state index in [1.54, 1.807) is 0 Å². The highest BCUT2D eigenvalue weighted by Crippen LogP contribution is 2.14. The molecule has 65 valence electrons. The maximum absolute atomic E-state index is 4.00. The Kier molecular flexibility index (Phi) is 2.91. The van der Waals surface area contributed by atoms with Crippen molar-refractivity contribution in [3.63, 3.8) is 0 Å². The summed E-state index contributed by atoms with van der Waals surface area (Å²) in [6, 6.07) is 6.61. The number of rotatable bonds is 2. The fourth-order valence-electron chi connectivity index (χ4n) is 1.40. The lowest BCUT2D eigenvalue weighted by atomic mass is 9.97. The topological polar surface area (TPSA) is 0 Å². The number of aryl methyl sites for hydroxylation is 2. The Hall–Kier alpha value is -0.780. The number of hydrogen-bond acceptors (Lipinski definition) is 0. The molecule has 0 aromatic heterocycles. The third kappa shape index (κ3) is 2.37. The van der Waals surface area contributed by atoms with E-state index in [0.29, 0.717) is 5.92 Å². The van der Waals surface area contributed by atoms with E-state index in [0.717, 1.165) is 6.42 Å². The standard InChI is InChI=1S/C12H17/c1-9(2)7-12-8-10(3)5-6-11(12)4/h5-6,8-9H,1,7H2,2-4H3. The van der Waals surface area contributed by atoms with Crippen molar-refractivity contribution in [2.24, 2.45) is 5.92 Å². The average Bonchev–Trinajstić information content (AvgIpc) is 1.96. The first-order valence-corrected chi connectivity index (χ1v) is 4.49. The molecule has 0 bridgehead atoms. The van der Waals surface area contributed by atoms with Gasteiger partial charge in [-0.25, -0.2) is 0 Å². The zero-order chi connectivity index (χ0) is 9.14. The first-order chi connectivity index (χ1) is 5.59. The first kappa shape index (κ1) is 9.31. The summed E-state index contributed by atoms with van der Waals surface area (Å²) in [4.78, 5) is 0. The fraction of sp³-hybridized carbons (Fsp3) is 0.417. The van der Waals surface area contributed by atoms with E-state index >= 15 is 0 Å². The van der Waals surface area contributed by atoms with Crippen LogP contribution in [0.1, 0.15) is 23.6 Å². The molecule has 1 unspecified atom stereocenters. The lowest BCUT2D eigenvalue weighted by Crippen LogP contribution is -1.97. The Balaban J connectivity index is 2.90. The van der Waals surface area contributed by atoms with Crippen molar-refractivity contribution in [3.8, 4) is 0 Å². The van der Waals surface area contributed by atoms with Crippen molar-refractivity contribution in [1.29, 1.82) is 0 Å². The number of hydrogen-bond donors (Lipinski definition) is 0. The fourth-order valence-corrected chi connectivity index (χ4v) is 1.40. The Morgan fingerprint density at radius 2 is 2.00 bits per heavy atom. The molecule has 0 fully saturated rings. The highest BCUT2D eigenvalue weighted by Gasteiger charge is 2.00. The van der Waals surface area contributed by atoms with Crippen LogP contribution in [0.2, 0.25) is 0 Å². The van der Waals surface area contributed by atoms with Gasteiger partial charge in [0.1, 0.15) is 0 Å². The van der Waals surface area contributed by atoms with E-state index in [9.17, 15) is 0 Å². The molecule has 0 saturated heterocycles. The molecule has 1 aromatic rings. The van der Waals surface area contributed by atoms with Crippen molar-refractivity contribution in [1.82, 2.24) is 0 Å². The lowest BCUT2D eigenvalue weighted by Gasteiger charge is -2.08. The van der Waals surface area contributed by atoms with Crippen molar-refractivity contribution in [2.45, 2.75) is 27.2 Å². The molecular formula is C12H17. The molecule has 0 heteroatoms. The van der Waals surface area contributed by atoms with E-state index < -0.39 is 0 Å².